The lowest BCUT2D eigenvalue weighted by atomic mass is 11.7. The summed E-state index contributed by atoms with van der Waals surface area (Å²) < 4.78 is -0.236. The van der Waals surface area contributed by atoms with Crippen molar-refractivity contribution < 1.29 is 0 Å². The maximum atomic E-state index is 5.61. The zero-order chi connectivity index (χ0) is 6.78. The molecule has 0 aliphatic heterocycles. The van der Waals surface area contributed by atoms with E-state index in [1.54, 1.807) is 0 Å². The molecule has 0 atom stereocenters. The van der Waals surface area contributed by atoms with Crippen LogP contribution in [0.4, 0.5) is 0 Å². The predicted octanol–water partition coefficient (Wildman–Crippen LogP) is 2.82. The van der Waals surface area contributed by atoms with E-state index in [0.717, 1.165) is 0 Å². The molecule has 0 aromatic heterocycles. The van der Waals surface area contributed by atoms with Gasteiger partial charge in [0.1, 0.15) is 8.07 Å². The first-order chi connectivity index (χ1) is 3.50. The van der Waals surface area contributed by atoms with Crippen LogP contribution >= 0.6 is 34.8 Å². The van der Waals surface area contributed by atoms with Crippen LogP contribution in [0.25, 0.3) is 0 Å². The number of hydrogen-bond acceptors (Lipinski definition) is 0. The summed E-state index contributed by atoms with van der Waals surface area (Å²) in [5.74, 6) is 0. The molecule has 0 rings (SSSR count). The second kappa shape index (κ2) is 3.30. The highest BCUT2D eigenvalue weighted by Crippen LogP contribution is 2.18. The minimum Gasteiger partial charge on any atom is -0.130 e. The van der Waals surface area contributed by atoms with E-state index in [4.69, 9.17) is 34.8 Å². The summed E-state index contributed by atoms with van der Waals surface area (Å²) in [4.78, 5) is 0. The molecule has 0 nitrogen and oxygen atoms in total. The van der Waals surface area contributed by atoms with Crippen LogP contribution in [0.15, 0.2) is 0 Å². The largest absolute Gasteiger partial charge is 0.130 e. The first kappa shape index (κ1) is 9.09. The summed E-state index contributed by atoms with van der Waals surface area (Å²) in [6.07, 6.45) is 0. The van der Waals surface area contributed by atoms with Crippen LogP contribution in [0.5, 0.6) is 0 Å². The molecule has 4 heteroatoms. The standard InChI is InChI=1S/C4H9Cl3Si/c1-8(2,3-5)4(6)7/h4H,3H2,1-2H3. The SMILES string of the molecule is C[Si](C)(CCl)C(Cl)Cl. The Morgan fingerprint density at radius 1 is 1.38 bits per heavy atom. The van der Waals surface area contributed by atoms with Crippen molar-refractivity contribution in [3.8, 4) is 0 Å². The van der Waals surface area contributed by atoms with Crippen LogP contribution in [0.1, 0.15) is 0 Å². The third-order valence-corrected chi connectivity index (χ3v) is 8.42. The van der Waals surface area contributed by atoms with Gasteiger partial charge in [0.05, 0.1) is 4.46 Å². The first-order valence-corrected chi connectivity index (χ1v) is 7.04. The highest BCUT2D eigenvalue weighted by atomic mass is 35.5. The van der Waals surface area contributed by atoms with E-state index in [1.807, 2.05) is 0 Å². The van der Waals surface area contributed by atoms with Crippen LogP contribution in [-0.4, -0.2) is 18.0 Å². The fourth-order valence-electron chi connectivity index (χ4n) is 0.0583. The van der Waals surface area contributed by atoms with Crippen molar-refractivity contribution in [2.75, 3.05) is 5.50 Å². The molecule has 0 spiro atoms. The van der Waals surface area contributed by atoms with Gasteiger partial charge in [-0.15, -0.1) is 34.8 Å². The van der Waals surface area contributed by atoms with Gasteiger partial charge < -0.3 is 0 Å². The molecule has 0 aromatic rings. The topological polar surface area (TPSA) is 0 Å². The van der Waals surface area contributed by atoms with E-state index in [9.17, 15) is 0 Å². The van der Waals surface area contributed by atoms with Crippen LogP contribution < -0.4 is 0 Å². The Balaban J connectivity index is 3.71. The maximum Gasteiger partial charge on any atom is 0.102 e. The molecule has 0 fully saturated rings. The molecule has 0 aliphatic carbocycles. The molecule has 0 saturated heterocycles. The maximum absolute atomic E-state index is 5.61. The lowest BCUT2D eigenvalue weighted by molar-refractivity contribution is 1.56. The molecule has 0 N–H and O–H groups in total. The molecule has 50 valence electrons. The molecule has 0 saturated carbocycles. The van der Waals surface area contributed by atoms with E-state index in [1.165, 1.54) is 0 Å². The van der Waals surface area contributed by atoms with Crippen LogP contribution in [0.2, 0.25) is 13.1 Å². The molecule has 0 unspecified atom stereocenters. The molecule has 0 heterocycles. The average molecular weight is 192 g/mol. The minimum absolute atomic E-state index is 0.236. The van der Waals surface area contributed by atoms with Gasteiger partial charge in [0.25, 0.3) is 0 Å². The number of halogens is 3. The molecular formula is C4H9Cl3Si. The van der Waals surface area contributed by atoms with Crippen molar-refractivity contribution >= 4 is 42.9 Å². The Morgan fingerprint density at radius 3 is 1.75 bits per heavy atom. The number of alkyl halides is 3. The van der Waals surface area contributed by atoms with E-state index < -0.39 is 8.07 Å². The van der Waals surface area contributed by atoms with Crippen molar-refractivity contribution in [2.24, 2.45) is 0 Å². The van der Waals surface area contributed by atoms with Gasteiger partial charge in [0.15, 0.2) is 0 Å². The minimum atomic E-state index is -1.46. The molecule has 8 heavy (non-hydrogen) atoms. The van der Waals surface area contributed by atoms with Crippen molar-refractivity contribution in [3.63, 3.8) is 0 Å². The van der Waals surface area contributed by atoms with Gasteiger partial charge in [-0.25, -0.2) is 0 Å². The fourth-order valence-corrected chi connectivity index (χ4v) is 1.57. The number of rotatable bonds is 2. The Kier molecular flexibility index (Phi) is 3.75. The molecule has 0 aromatic carbocycles. The van der Waals surface area contributed by atoms with E-state index in [-0.39, 0.29) is 4.46 Å². The summed E-state index contributed by atoms with van der Waals surface area (Å²) in [6, 6.07) is 0. The second-order valence-electron chi connectivity index (χ2n) is 2.42. The molecule has 0 radical (unpaired) electrons. The first-order valence-electron chi connectivity index (χ1n) is 2.35. The Labute approximate surface area is 66.1 Å². The average Bonchev–Trinajstić information content (AvgIpc) is 1.67. The van der Waals surface area contributed by atoms with Gasteiger partial charge in [-0.2, -0.15) is 0 Å². The van der Waals surface area contributed by atoms with Gasteiger partial charge in [-0.1, -0.05) is 13.1 Å². The van der Waals surface area contributed by atoms with Gasteiger partial charge in [0, 0.05) is 5.50 Å². The van der Waals surface area contributed by atoms with E-state index in [2.05, 4.69) is 13.1 Å². The zero-order valence-electron chi connectivity index (χ0n) is 4.92. The monoisotopic (exact) mass is 190 g/mol. The molecule has 0 bridgehead atoms. The van der Waals surface area contributed by atoms with Crippen molar-refractivity contribution in [2.45, 2.75) is 17.6 Å². The van der Waals surface area contributed by atoms with Crippen molar-refractivity contribution in [1.82, 2.24) is 0 Å². The van der Waals surface area contributed by atoms with Gasteiger partial charge >= 0.3 is 0 Å². The van der Waals surface area contributed by atoms with Crippen molar-refractivity contribution in [1.29, 1.82) is 0 Å². The Morgan fingerprint density at radius 2 is 1.75 bits per heavy atom. The lowest BCUT2D eigenvalue weighted by Crippen LogP contribution is -2.36. The lowest BCUT2D eigenvalue weighted by Gasteiger charge is -2.18. The van der Waals surface area contributed by atoms with Crippen LogP contribution in [0.3, 0.4) is 0 Å². The molecule has 0 amide bonds. The molecular weight excluding hydrogens is 182 g/mol. The summed E-state index contributed by atoms with van der Waals surface area (Å²) in [5.41, 5.74) is 0.630. The fraction of sp³-hybridized carbons (Fsp3) is 1.00. The van der Waals surface area contributed by atoms with Crippen LogP contribution in [-0.2, 0) is 0 Å². The van der Waals surface area contributed by atoms with E-state index >= 15 is 0 Å². The van der Waals surface area contributed by atoms with E-state index in [0.29, 0.717) is 5.50 Å². The highest BCUT2D eigenvalue weighted by Gasteiger charge is 2.27. The summed E-state index contributed by atoms with van der Waals surface area (Å²) in [6.45, 7) is 4.12. The normalized spacial score (nSPS) is 12.8. The third kappa shape index (κ3) is 2.58. The third-order valence-electron chi connectivity index (χ3n) is 0.935. The smallest absolute Gasteiger partial charge is 0.102 e. The quantitative estimate of drug-likeness (QED) is 0.465. The van der Waals surface area contributed by atoms with Crippen molar-refractivity contribution in [3.05, 3.63) is 0 Å². The zero-order valence-corrected chi connectivity index (χ0v) is 8.19. The number of hydrogen-bond donors (Lipinski definition) is 0. The highest BCUT2D eigenvalue weighted by molar-refractivity contribution is 6.95. The van der Waals surface area contributed by atoms with Gasteiger partial charge in [-0.3, -0.25) is 0 Å². The van der Waals surface area contributed by atoms with Gasteiger partial charge in [-0.05, 0) is 0 Å². The van der Waals surface area contributed by atoms with Crippen LogP contribution in [0, 0.1) is 0 Å². The Hall–Kier alpha value is 1.09. The predicted molar refractivity (Wildman–Crippen MR) is 43.7 cm³/mol. The van der Waals surface area contributed by atoms with Gasteiger partial charge in [0.2, 0.25) is 0 Å². The molecule has 0 aliphatic rings. The Bertz CT molecular complexity index is 71.7. The summed E-state index contributed by atoms with van der Waals surface area (Å²) in [5, 5.41) is 0. The summed E-state index contributed by atoms with van der Waals surface area (Å²) >= 11 is 16.8. The second-order valence-corrected chi connectivity index (χ2v) is 9.87. The summed E-state index contributed by atoms with van der Waals surface area (Å²) in [7, 11) is -1.46.